The maximum atomic E-state index is 12.2. The van der Waals surface area contributed by atoms with Crippen molar-refractivity contribution in [1.82, 2.24) is 5.32 Å². The van der Waals surface area contributed by atoms with Gasteiger partial charge in [0.05, 0.1) is 11.3 Å². The molecule has 0 fully saturated rings. The molecule has 0 saturated carbocycles. The molecule has 26 heavy (non-hydrogen) atoms. The zero-order valence-electron chi connectivity index (χ0n) is 13.9. The molecule has 0 bridgehead atoms. The van der Waals surface area contributed by atoms with Crippen LogP contribution in [0.4, 0.5) is 18.9 Å². The van der Waals surface area contributed by atoms with E-state index in [1.54, 1.807) is 23.5 Å². The van der Waals surface area contributed by atoms with E-state index in [2.05, 4.69) is 5.32 Å². The summed E-state index contributed by atoms with van der Waals surface area (Å²) in [5.41, 5.74) is 1.07. The number of benzene rings is 2. The number of halogens is 3. The highest BCUT2D eigenvalue weighted by molar-refractivity contribution is 6.04. The summed E-state index contributed by atoms with van der Waals surface area (Å²) in [6.07, 6.45) is -4.52. The minimum absolute atomic E-state index is 0.0690. The number of nitrogens with one attached hydrogen (secondary N) is 2. The molecule has 5 nitrogen and oxygen atoms in total. The third-order valence-electron chi connectivity index (χ3n) is 3.29. The van der Waals surface area contributed by atoms with Crippen molar-refractivity contribution in [2.75, 3.05) is 18.5 Å². The molecule has 0 aromatic heterocycles. The topological polar surface area (TPSA) is 67.4 Å². The molecule has 0 aliphatic heterocycles. The van der Waals surface area contributed by atoms with Gasteiger partial charge in [-0.1, -0.05) is 29.8 Å². The van der Waals surface area contributed by atoms with E-state index in [4.69, 9.17) is 4.74 Å². The summed E-state index contributed by atoms with van der Waals surface area (Å²) < 4.78 is 42.0. The second kappa shape index (κ2) is 8.37. The fourth-order valence-corrected chi connectivity index (χ4v) is 2.04. The Balaban J connectivity index is 1.97. The van der Waals surface area contributed by atoms with Crippen LogP contribution in [0.5, 0.6) is 5.75 Å². The van der Waals surface area contributed by atoms with E-state index >= 15 is 0 Å². The summed E-state index contributed by atoms with van der Waals surface area (Å²) in [4.78, 5) is 23.9. The zero-order valence-corrected chi connectivity index (χ0v) is 13.9. The van der Waals surface area contributed by atoms with Gasteiger partial charge in [0.25, 0.3) is 11.8 Å². The third-order valence-corrected chi connectivity index (χ3v) is 3.29. The lowest BCUT2D eigenvalue weighted by Crippen LogP contribution is -2.34. The van der Waals surface area contributed by atoms with E-state index in [0.717, 1.165) is 5.56 Å². The van der Waals surface area contributed by atoms with E-state index in [1.807, 2.05) is 19.1 Å². The number of rotatable bonds is 6. The molecule has 138 valence electrons. The predicted molar refractivity (Wildman–Crippen MR) is 90.1 cm³/mol. The summed E-state index contributed by atoms with van der Waals surface area (Å²) in [5, 5.41) is 4.23. The van der Waals surface area contributed by atoms with Crippen molar-refractivity contribution < 1.29 is 27.5 Å². The molecular formula is C18H17F3N2O3. The molecule has 2 amide bonds. The Labute approximate surface area is 148 Å². The van der Waals surface area contributed by atoms with Crippen LogP contribution >= 0.6 is 0 Å². The van der Waals surface area contributed by atoms with E-state index in [1.165, 1.54) is 18.2 Å². The fourth-order valence-electron chi connectivity index (χ4n) is 2.04. The van der Waals surface area contributed by atoms with Crippen LogP contribution in [0.25, 0.3) is 0 Å². The molecule has 0 spiro atoms. The number of aryl methyl sites for hydroxylation is 1. The minimum atomic E-state index is -4.52. The number of alkyl halides is 3. The number of hydrogen-bond acceptors (Lipinski definition) is 3. The van der Waals surface area contributed by atoms with Gasteiger partial charge in [0.1, 0.15) is 12.3 Å². The maximum absolute atomic E-state index is 12.2. The molecule has 0 aliphatic carbocycles. The van der Waals surface area contributed by atoms with E-state index in [-0.39, 0.29) is 17.9 Å². The molecule has 0 aliphatic rings. The van der Waals surface area contributed by atoms with Crippen molar-refractivity contribution in [3.8, 4) is 5.75 Å². The van der Waals surface area contributed by atoms with Crippen molar-refractivity contribution in [3.63, 3.8) is 0 Å². The van der Waals surface area contributed by atoms with Gasteiger partial charge in [-0.3, -0.25) is 9.59 Å². The van der Waals surface area contributed by atoms with Gasteiger partial charge in [0.2, 0.25) is 0 Å². The lowest BCUT2D eigenvalue weighted by molar-refractivity contribution is -0.123. The van der Waals surface area contributed by atoms with Crippen molar-refractivity contribution in [3.05, 3.63) is 59.7 Å². The summed E-state index contributed by atoms with van der Waals surface area (Å²) in [7, 11) is 0. The van der Waals surface area contributed by atoms with Crippen molar-refractivity contribution in [2.45, 2.75) is 13.1 Å². The first-order valence-electron chi connectivity index (χ1n) is 7.68. The molecule has 0 unspecified atom stereocenters. The van der Waals surface area contributed by atoms with Gasteiger partial charge < -0.3 is 15.4 Å². The highest BCUT2D eigenvalue weighted by Gasteiger charge is 2.28. The Bertz CT molecular complexity index is 774. The first-order valence-corrected chi connectivity index (χ1v) is 7.68. The monoisotopic (exact) mass is 366 g/mol. The average molecular weight is 366 g/mol. The Morgan fingerprint density at radius 3 is 2.35 bits per heavy atom. The Kier molecular flexibility index (Phi) is 6.21. The van der Waals surface area contributed by atoms with Crippen LogP contribution in [0.1, 0.15) is 15.9 Å². The number of para-hydroxylation sites is 1. The molecule has 2 aromatic carbocycles. The van der Waals surface area contributed by atoms with Crippen LogP contribution in [-0.4, -0.2) is 31.1 Å². The summed E-state index contributed by atoms with van der Waals surface area (Å²) in [6, 6.07) is 12.9. The van der Waals surface area contributed by atoms with Gasteiger partial charge in [-0.15, -0.1) is 0 Å². The fraction of sp³-hybridized carbons (Fsp3) is 0.222. The number of amides is 2. The third kappa shape index (κ3) is 6.12. The maximum Gasteiger partial charge on any atom is 0.405 e. The molecule has 2 N–H and O–H groups in total. The van der Waals surface area contributed by atoms with E-state index < -0.39 is 24.5 Å². The number of carbonyl (C=O) groups is 2. The molecular weight excluding hydrogens is 349 g/mol. The minimum Gasteiger partial charge on any atom is -0.484 e. The smallest absolute Gasteiger partial charge is 0.405 e. The molecule has 0 heterocycles. The SMILES string of the molecule is Cc1ccc(OCC(=O)Nc2ccccc2C(=O)NCC(F)(F)F)cc1. The lowest BCUT2D eigenvalue weighted by atomic mass is 10.1. The van der Waals surface area contributed by atoms with Crippen LogP contribution in [-0.2, 0) is 4.79 Å². The molecule has 8 heteroatoms. The summed E-state index contributed by atoms with van der Waals surface area (Å²) in [5.74, 6) is -0.971. The number of carbonyl (C=O) groups excluding carboxylic acids is 2. The zero-order chi connectivity index (χ0) is 19.2. The second-order valence-electron chi connectivity index (χ2n) is 5.49. The van der Waals surface area contributed by atoms with E-state index in [0.29, 0.717) is 5.75 Å². The number of ether oxygens (including phenoxy) is 1. The molecule has 0 atom stereocenters. The largest absolute Gasteiger partial charge is 0.484 e. The van der Waals surface area contributed by atoms with Crippen LogP contribution in [0.3, 0.4) is 0 Å². The van der Waals surface area contributed by atoms with Gasteiger partial charge in [-0.05, 0) is 31.2 Å². The standard InChI is InChI=1S/C18H17F3N2O3/c1-12-6-8-13(9-7-12)26-10-16(24)23-15-5-3-2-4-14(15)17(25)22-11-18(19,20)21/h2-9H,10-11H2,1H3,(H,22,25)(H,23,24). The van der Waals surface area contributed by atoms with Crippen molar-refractivity contribution >= 4 is 17.5 Å². The predicted octanol–water partition coefficient (Wildman–Crippen LogP) is 3.30. The van der Waals surface area contributed by atoms with Crippen LogP contribution in [0.15, 0.2) is 48.5 Å². The lowest BCUT2D eigenvalue weighted by Gasteiger charge is -2.13. The molecule has 2 rings (SSSR count). The van der Waals surface area contributed by atoms with E-state index in [9.17, 15) is 22.8 Å². The highest BCUT2D eigenvalue weighted by atomic mass is 19.4. The van der Waals surface area contributed by atoms with Crippen molar-refractivity contribution in [2.24, 2.45) is 0 Å². The van der Waals surface area contributed by atoms with Crippen molar-refractivity contribution in [1.29, 1.82) is 0 Å². The number of hydrogen-bond donors (Lipinski definition) is 2. The molecule has 0 saturated heterocycles. The average Bonchev–Trinajstić information content (AvgIpc) is 2.59. The van der Waals surface area contributed by atoms with Gasteiger partial charge >= 0.3 is 6.18 Å². The van der Waals surface area contributed by atoms with Crippen LogP contribution in [0.2, 0.25) is 0 Å². The Morgan fingerprint density at radius 2 is 1.69 bits per heavy atom. The number of anilines is 1. The molecule has 2 aromatic rings. The van der Waals surface area contributed by atoms with Crippen LogP contribution < -0.4 is 15.4 Å². The van der Waals surface area contributed by atoms with Gasteiger partial charge in [0.15, 0.2) is 6.61 Å². The van der Waals surface area contributed by atoms with Gasteiger partial charge in [0, 0.05) is 0 Å². The quantitative estimate of drug-likeness (QED) is 0.824. The first-order chi connectivity index (χ1) is 12.2. The van der Waals surface area contributed by atoms with Gasteiger partial charge in [-0.25, -0.2) is 0 Å². The second-order valence-corrected chi connectivity index (χ2v) is 5.49. The normalized spacial score (nSPS) is 10.9. The van der Waals surface area contributed by atoms with Crippen LogP contribution in [0, 0.1) is 6.92 Å². The summed E-state index contributed by atoms with van der Waals surface area (Å²) in [6.45, 7) is 0.156. The van der Waals surface area contributed by atoms with Gasteiger partial charge in [-0.2, -0.15) is 13.2 Å². The molecule has 0 radical (unpaired) electrons. The Morgan fingerprint density at radius 1 is 1.04 bits per heavy atom. The Hall–Kier alpha value is -3.03. The summed E-state index contributed by atoms with van der Waals surface area (Å²) >= 11 is 0. The first kappa shape index (κ1) is 19.3. The highest BCUT2D eigenvalue weighted by Crippen LogP contribution is 2.17.